The highest BCUT2D eigenvalue weighted by Gasteiger charge is 2.53. The van der Waals surface area contributed by atoms with Crippen LogP contribution in [0.25, 0.3) is 0 Å². The number of hydrogen-bond acceptors (Lipinski definition) is 15. The van der Waals surface area contributed by atoms with Gasteiger partial charge in [-0.25, -0.2) is 0 Å². The zero-order valence-corrected chi connectivity index (χ0v) is 24.3. The van der Waals surface area contributed by atoms with Gasteiger partial charge in [0, 0.05) is 30.6 Å². The van der Waals surface area contributed by atoms with Crippen LogP contribution in [0.15, 0.2) is 11.8 Å². The summed E-state index contributed by atoms with van der Waals surface area (Å²) < 4.78 is 18.0. The largest absolute Gasteiger partial charge is 0.492 e. The maximum Gasteiger partial charge on any atom is 0.249 e. The van der Waals surface area contributed by atoms with E-state index in [4.69, 9.17) is 42.3 Å². The second-order valence-corrected chi connectivity index (χ2v) is 11.8. The molecule has 2 aliphatic heterocycles. The van der Waals surface area contributed by atoms with E-state index in [0.29, 0.717) is 25.3 Å². The van der Waals surface area contributed by atoms with E-state index in [9.17, 15) is 25.2 Å². The standard InChI is InChI=1S/C26H51N7O9/c1-26(39)11-40-25(20(37)23(26)31-2)42-22-16(33-24(38)17(35)5-6-27)7-15(30)18(19(22)36)21-14(29)4-3-13(41-21)9-32-8-12(28)10-34/h3,12,14-23,25,31-32,34-37,39H,4-11,27-30H2,1-2H3,(H,33,38)/t12?,14-,15+,16-,17+,18-,19+,20-,21?,22+,23-,25-,26+/m1/s1. The van der Waals surface area contributed by atoms with Crippen molar-refractivity contribution in [3.05, 3.63) is 11.8 Å². The predicted octanol–water partition coefficient (Wildman–Crippen LogP) is -5.76. The number of aliphatic hydroxyl groups excluding tert-OH is 4. The first-order valence-corrected chi connectivity index (χ1v) is 14.5. The average molecular weight is 606 g/mol. The van der Waals surface area contributed by atoms with Crippen LogP contribution in [-0.4, -0.2) is 144 Å². The fourth-order valence-corrected chi connectivity index (χ4v) is 5.97. The number of aliphatic hydroxyl groups is 5. The van der Waals surface area contributed by atoms with Crippen molar-refractivity contribution < 1.29 is 44.5 Å². The minimum atomic E-state index is -1.40. The molecule has 2 unspecified atom stereocenters. The monoisotopic (exact) mass is 605 g/mol. The van der Waals surface area contributed by atoms with E-state index >= 15 is 0 Å². The number of hydrogen-bond donors (Lipinski definition) is 12. The van der Waals surface area contributed by atoms with Gasteiger partial charge in [-0.15, -0.1) is 0 Å². The topological polar surface area (TPSA) is 286 Å². The Labute approximate surface area is 246 Å². The van der Waals surface area contributed by atoms with Crippen LogP contribution in [0.2, 0.25) is 0 Å². The van der Waals surface area contributed by atoms with Crippen molar-refractivity contribution in [2.45, 2.75) is 98.8 Å². The fraction of sp³-hybridized carbons (Fsp3) is 0.885. The molecule has 3 rings (SSSR count). The van der Waals surface area contributed by atoms with Crippen LogP contribution >= 0.6 is 0 Å². The van der Waals surface area contributed by atoms with Gasteiger partial charge in [0.2, 0.25) is 5.91 Å². The highest BCUT2D eigenvalue weighted by atomic mass is 16.7. The summed E-state index contributed by atoms with van der Waals surface area (Å²) in [6.45, 7) is 1.94. The molecule has 0 spiro atoms. The molecule has 0 bridgehead atoms. The van der Waals surface area contributed by atoms with Gasteiger partial charge in [-0.05, 0) is 45.9 Å². The number of amides is 1. The van der Waals surface area contributed by atoms with Gasteiger partial charge in [0.25, 0.3) is 0 Å². The quantitative estimate of drug-likeness (QED) is 0.0931. The van der Waals surface area contributed by atoms with E-state index in [1.165, 1.54) is 6.92 Å². The number of likely N-dealkylation sites (N-methyl/N-ethyl adjacent to an activating group) is 1. The molecule has 0 radical (unpaired) electrons. The molecule has 16 heteroatoms. The zero-order chi connectivity index (χ0) is 31.2. The molecule has 1 aliphatic carbocycles. The molecule has 1 amide bonds. The van der Waals surface area contributed by atoms with Crippen LogP contribution in [-0.2, 0) is 19.0 Å². The van der Waals surface area contributed by atoms with Crippen LogP contribution in [0.1, 0.15) is 26.2 Å². The molecule has 0 aromatic carbocycles. The third-order valence-corrected chi connectivity index (χ3v) is 8.30. The molecule has 2 heterocycles. The summed E-state index contributed by atoms with van der Waals surface area (Å²) in [5.41, 5.74) is 22.9. The van der Waals surface area contributed by atoms with E-state index in [-0.39, 0.29) is 32.6 Å². The number of carbonyl (C=O) groups excluding carboxylic acids is 1. The highest BCUT2D eigenvalue weighted by Crippen LogP contribution is 2.36. The molecule has 0 aromatic rings. The van der Waals surface area contributed by atoms with Gasteiger partial charge >= 0.3 is 0 Å². The maximum atomic E-state index is 12.7. The molecule has 1 saturated carbocycles. The van der Waals surface area contributed by atoms with Crippen molar-refractivity contribution in [1.82, 2.24) is 16.0 Å². The smallest absolute Gasteiger partial charge is 0.249 e. The number of nitrogens with two attached hydrogens (primary N) is 4. The molecule has 1 saturated heterocycles. The Morgan fingerprint density at radius 1 is 1.26 bits per heavy atom. The van der Waals surface area contributed by atoms with Crippen molar-refractivity contribution in [3.63, 3.8) is 0 Å². The van der Waals surface area contributed by atoms with Crippen molar-refractivity contribution in [2.24, 2.45) is 28.9 Å². The highest BCUT2D eigenvalue weighted by molar-refractivity contribution is 5.80. The molecular formula is C26H51N7O9. The number of ether oxygens (including phenoxy) is 3. The Kier molecular flexibility index (Phi) is 12.9. The summed E-state index contributed by atoms with van der Waals surface area (Å²) in [6.07, 6.45) is -4.78. The lowest BCUT2D eigenvalue weighted by molar-refractivity contribution is -0.297. The van der Waals surface area contributed by atoms with Crippen LogP contribution in [0.5, 0.6) is 0 Å². The Bertz CT molecular complexity index is 900. The molecular weight excluding hydrogens is 554 g/mol. The summed E-state index contributed by atoms with van der Waals surface area (Å²) >= 11 is 0. The Morgan fingerprint density at radius 2 is 1.98 bits per heavy atom. The van der Waals surface area contributed by atoms with Gasteiger partial charge < -0.3 is 78.6 Å². The first-order valence-electron chi connectivity index (χ1n) is 14.5. The summed E-state index contributed by atoms with van der Waals surface area (Å²) in [4.78, 5) is 12.7. The molecule has 16 nitrogen and oxygen atoms in total. The molecule has 2 fully saturated rings. The first-order chi connectivity index (χ1) is 19.8. The number of rotatable bonds is 13. The number of carbonyl (C=O) groups is 1. The van der Waals surface area contributed by atoms with Crippen LogP contribution in [0.4, 0.5) is 0 Å². The first kappa shape index (κ1) is 35.0. The van der Waals surface area contributed by atoms with Gasteiger partial charge in [0.15, 0.2) is 6.29 Å². The second kappa shape index (κ2) is 15.5. The van der Waals surface area contributed by atoms with Crippen LogP contribution < -0.4 is 38.9 Å². The molecule has 244 valence electrons. The van der Waals surface area contributed by atoms with Crippen molar-refractivity contribution in [2.75, 3.05) is 39.9 Å². The lowest BCUT2D eigenvalue weighted by Crippen LogP contribution is -2.69. The second-order valence-electron chi connectivity index (χ2n) is 11.8. The lowest BCUT2D eigenvalue weighted by Gasteiger charge is -2.50. The van der Waals surface area contributed by atoms with E-state index in [1.54, 1.807) is 7.05 Å². The summed E-state index contributed by atoms with van der Waals surface area (Å²) in [6, 6.07) is -3.35. The van der Waals surface area contributed by atoms with Crippen molar-refractivity contribution in [1.29, 1.82) is 0 Å². The van der Waals surface area contributed by atoms with E-state index < -0.39 is 84.4 Å². The third-order valence-electron chi connectivity index (χ3n) is 8.30. The molecule has 3 aliphatic rings. The molecule has 0 aromatic heterocycles. The molecule has 42 heavy (non-hydrogen) atoms. The van der Waals surface area contributed by atoms with E-state index in [1.807, 2.05) is 6.08 Å². The minimum absolute atomic E-state index is 0.0296. The van der Waals surface area contributed by atoms with Gasteiger partial charge in [-0.1, -0.05) is 0 Å². The summed E-state index contributed by atoms with van der Waals surface area (Å²) in [5, 5.41) is 61.4. The van der Waals surface area contributed by atoms with E-state index in [2.05, 4.69) is 16.0 Å². The SMILES string of the molecule is CN[C@@H]1[C@@H](O)[C@@H](O[C@@H]2[C@@H](O)[C@H](C3OC(CNCC(N)CO)=CC[C@H]3N)[C@@H](N)C[C@H]2NC(=O)[C@@H](O)CCN)OC[C@]1(C)O. The normalized spacial score (nSPS) is 40.5. The van der Waals surface area contributed by atoms with Crippen LogP contribution in [0, 0.1) is 5.92 Å². The summed E-state index contributed by atoms with van der Waals surface area (Å²) in [5.74, 6) is -0.880. The fourth-order valence-electron chi connectivity index (χ4n) is 5.97. The van der Waals surface area contributed by atoms with Gasteiger partial charge in [-0.3, -0.25) is 4.79 Å². The van der Waals surface area contributed by atoms with Crippen molar-refractivity contribution >= 4 is 5.91 Å². The van der Waals surface area contributed by atoms with Gasteiger partial charge in [0.1, 0.15) is 35.8 Å². The predicted molar refractivity (Wildman–Crippen MR) is 151 cm³/mol. The Hall–Kier alpha value is -1.51. The Balaban J connectivity index is 1.82. The van der Waals surface area contributed by atoms with E-state index in [0.717, 1.165) is 0 Å². The van der Waals surface area contributed by atoms with Gasteiger partial charge in [-0.2, -0.15) is 0 Å². The maximum absolute atomic E-state index is 12.7. The Morgan fingerprint density at radius 3 is 2.62 bits per heavy atom. The summed E-state index contributed by atoms with van der Waals surface area (Å²) in [7, 11) is 1.58. The average Bonchev–Trinajstić information content (AvgIpc) is 2.93. The van der Waals surface area contributed by atoms with Crippen molar-refractivity contribution in [3.8, 4) is 0 Å². The minimum Gasteiger partial charge on any atom is -0.492 e. The molecule has 13 atom stereocenters. The van der Waals surface area contributed by atoms with Crippen LogP contribution in [0.3, 0.4) is 0 Å². The zero-order valence-electron chi connectivity index (χ0n) is 24.3. The number of nitrogens with one attached hydrogen (secondary N) is 3. The molecule has 16 N–H and O–H groups in total. The van der Waals surface area contributed by atoms with Gasteiger partial charge in [0.05, 0.1) is 37.9 Å². The lowest BCUT2D eigenvalue weighted by atomic mass is 9.72. The third kappa shape index (κ3) is 8.35.